The van der Waals surface area contributed by atoms with Crippen LogP contribution >= 0.6 is 0 Å². The van der Waals surface area contributed by atoms with E-state index >= 15 is 0 Å². The van der Waals surface area contributed by atoms with Crippen molar-refractivity contribution in [2.24, 2.45) is 5.92 Å². The van der Waals surface area contributed by atoms with Crippen molar-refractivity contribution < 1.29 is 24.0 Å². The quantitative estimate of drug-likeness (QED) is 0.641. The largest absolute Gasteiger partial charge is 0.478 e. The first-order valence-electron chi connectivity index (χ1n) is 5.33. The second-order valence-electron chi connectivity index (χ2n) is 4.06. The lowest BCUT2D eigenvalue weighted by molar-refractivity contribution is -0.386. The molecule has 1 unspecified atom stereocenters. The molecule has 1 fully saturated rings. The third kappa shape index (κ3) is 2.39. The molecular formula is C11H10FNO5. The minimum Gasteiger partial charge on any atom is -0.478 e. The summed E-state index contributed by atoms with van der Waals surface area (Å²) in [5, 5.41) is 19.7. The van der Waals surface area contributed by atoms with Gasteiger partial charge in [0.05, 0.1) is 4.92 Å². The number of nitro groups is 1. The van der Waals surface area contributed by atoms with Crippen LogP contribution in [0.25, 0.3) is 0 Å². The molecule has 1 saturated carbocycles. The molecule has 7 heteroatoms. The van der Waals surface area contributed by atoms with Gasteiger partial charge in [-0.3, -0.25) is 10.1 Å². The lowest BCUT2D eigenvalue weighted by Crippen LogP contribution is -2.29. The second-order valence-corrected chi connectivity index (χ2v) is 4.06. The molecule has 0 aliphatic heterocycles. The molecule has 1 aromatic rings. The lowest BCUT2D eigenvalue weighted by atomic mass is 10.2. The predicted molar refractivity (Wildman–Crippen MR) is 57.8 cm³/mol. The number of hydrogen-bond donors (Lipinski definition) is 1. The Morgan fingerprint density at radius 2 is 2.22 bits per heavy atom. The molecule has 0 amide bonds. The molecule has 0 saturated heterocycles. The van der Waals surface area contributed by atoms with Gasteiger partial charge in [0.15, 0.2) is 11.9 Å². The Hall–Kier alpha value is -2.18. The normalized spacial score (nSPS) is 16.1. The van der Waals surface area contributed by atoms with Crippen LogP contribution in [0.5, 0.6) is 5.75 Å². The summed E-state index contributed by atoms with van der Waals surface area (Å²) in [5.41, 5.74) is -0.568. The standard InChI is InChI=1S/C11H10FNO5/c12-7-2-1-3-8(13(16)17)10(7)18-9(11(14)15)6-4-5-6/h1-3,6,9H,4-5H2,(H,14,15). The number of nitrogens with zero attached hydrogens (tertiary/aromatic N) is 1. The summed E-state index contributed by atoms with van der Waals surface area (Å²) >= 11 is 0. The van der Waals surface area contributed by atoms with Gasteiger partial charge >= 0.3 is 11.7 Å². The number of halogens is 1. The van der Waals surface area contributed by atoms with Gasteiger partial charge in [-0.2, -0.15) is 0 Å². The summed E-state index contributed by atoms with van der Waals surface area (Å²) < 4.78 is 18.5. The Bertz CT molecular complexity index is 500. The molecule has 0 spiro atoms. The highest BCUT2D eigenvalue weighted by Crippen LogP contribution is 2.38. The van der Waals surface area contributed by atoms with Crippen LogP contribution in [0.3, 0.4) is 0 Å². The molecule has 0 heterocycles. The van der Waals surface area contributed by atoms with Crippen LogP contribution in [-0.4, -0.2) is 22.1 Å². The minimum absolute atomic E-state index is 0.207. The van der Waals surface area contributed by atoms with E-state index in [9.17, 15) is 19.3 Å². The minimum atomic E-state index is -1.24. The van der Waals surface area contributed by atoms with Crippen molar-refractivity contribution >= 4 is 11.7 Å². The smallest absolute Gasteiger partial charge is 0.345 e. The second kappa shape index (κ2) is 4.59. The van der Waals surface area contributed by atoms with Gasteiger partial charge in [0.1, 0.15) is 0 Å². The number of hydrogen-bond acceptors (Lipinski definition) is 4. The highest BCUT2D eigenvalue weighted by atomic mass is 19.1. The number of aliphatic carboxylic acids is 1. The van der Waals surface area contributed by atoms with Gasteiger partial charge in [0, 0.05) is 12.0 Å². The molecule has 0 bridgehead atoms. The molecule has 1 N–H and O–H groups in total. The van der Waals surface area contributed by atoms with E-state index in [0.717, 1.165) is 12.1 Å². The maximum absolute atomic E-state index is 13.5. The number of benzene rings is 1. The van der Waals surface area contributed by atoms with Gasteiger partial charge in [0.25, 0.3) is 0 Å². The molecule has 6 nitrogen and oxygen atoms in total. The van der Waals surface area contributed by atoms with Crippen molar-refractivity contribution in [2.75, 3.05) is 0 Å². The van der Waals surface area contributed by atoms with Gasteiger partial charge in [-0.05, 0) is 18.9 Å². The van der Waals surface area contributed by atoms with E-state index in [4.69, 9.17) is 9.84 Å². The number of para-hydroxylation sites is 1. The van der Waals surface area contributed by atoms with Crippen molar-refractivity contribution in [1.29, 1.82) is 0 Å². The molecule has 2 rings (SSSR count). The topological polar surface area (TPSA) is 89.7 Å². The molecule has 96 valence electrons. The first-order chi connectivity index (χ1) is 8.50. The zero-order valence-electron chi connectivity index (χ0n) is 9.21. The highest BCUT2D eigenvalue weighted by molar-refractivity contribution is 5.74. The molecule has 1 aromatic carbocycles. The summed E-state index contributed by atoms with van der Waals surface area (Å²) in [5.74, 6) is -2.99. The average Bonchev–Trinajstić information content (AvgIpc) is 3.10. The number of rotatable bonds is 5. The molecule has 0 aromatic heterocycles. The van der Waals surface area contributed by atoms with Crippen LogP contribution in [0, 0.1) is 21.8 Å². The number of ether oxygens (including phenoxy) is 1. The zero-order chi connectivity index (χ0) is 13.3. The van der Waals surface area contributed by atoms with E-state index in [1.165, 1.54) is 6.07 Å². The van der Waals surface area contributed by atoms with E-state index in [1.54, 1.807) is 0 Å². The molecule has 1 atom stereocenters. The SMILES string of the molecule is O=C(O)C(Oc1c(F)cccc1[N+](=O)[O-])C1CC1. The molecule has 0 radical (unpaired) electrons. The van der Waals surface area contributed by atoms with Crippen molar-refractivity contribution in [3.8, 4) is 5.75 Å². The molecule has 1 aliphatic carbocycles. The van der Waals surface area contributed by atoms with Crippen LogP contribution in [0.15, 0.2) is 18.2 Å². The van der Waals surface area contributed by atoms with Gasteiger partial charge in [-0.1, -0.05) is 6.07 Å². The third-order valence-corrected chi connectivity index (χ3v) is 2.68. The summed E-state index contributed by atoms with van der Waals surface area (Å²) in [7, 11) is 0. The number of carbonyl (C=O) groups is 1. The third-order valence-electron chi connectivity index (χ3n) is 2.68. The van der Waals surface area contributed by atoms with E-state index < -0.39 is 34.3 Å². The predicted octanol–water partition coefficient (Wildman–Crippen LogP) is 1.98. The van der Waals surface area contributed by atoms with E-state index in [2.05, 4.69) is 0 Å². The van der Waals surface area contributed by atoms with Gasteiger partial charge < -0.3 is 9.84 Å². The lowest BCUT2D eigenvalue weighted by Gasteiger charge is -2.14. The number of carboxylic acids is 1. The van der Waals surface area contributed by atoms with Gasteiger partial charge in [-0.15, -0.1) is 0 Å². The van der Waals surface area contributed by atoms with Crippen LogP contribution in [0.4, 0.5) is 10.1 Å². The number of nitro benzene ring substituents is 1. The van der Waals surface area contributed by atoms with Crippen molar-refractivity contribution in [2.45, 2.75) is 18.9 Å². The fourth-order valence-electron chi connectivity index (χ4n) is 1.63. The summed E-state index contributed by atoms with van der Waals surface area (Å²) in [4.78, 5) is 20.9. The Morgan fingerprint density at radius 3 is 2.72 bits per heavy atom. The first-order valence-corrected chi connectivity index (χ1v) is 5.33. The highest BCUT2D eigenvalue weighted by Gasteiger charge is 2.40. The van der Waals surface area contributed by atoms with Crippen LogP contribution in [0.1, 0.15) is 12.8 Å². The van der Waals surface area contributed by atoms with E-state index in [0.29, 0.717) is 12.8 Å². The van der Waals surface area contributed by atoms with Crippen LogP contribution in [-0.2, 0) is 4.79 Å². The maximum atomic E-state index is 13.5. The van der Waals surface area contributed by atoms with Crippen LogP contribution < -0.4 is 4.74 Å². The first kappa shape index (κ1) is 12.3. The summed E-state index contributed by atoms with van der Waals surface area (Å²) in [6, 6.07) is 3.24. The fraction of sp³-hybridized carbons (Fsp3) is 0.364. The number of carboxylic acid groups (broad SMARTS) is 1. The Kier molecular flexibility index (Phi) is 3.14. The van der Waals surface area contributed by atoms with E-state index in [1.807, 2.05) is 0 Å². The van der Waals surface area contributed by atoms with Crippen molar-refractivity contribution in [1.82, 2.24) is 0 Å². The Balaban J connectivity index is 2.32. The molecule has 18 heavy (non-hydrogen) atoms. The summed E-state index contributed by atoms with van der Waals surface area (Å²) in [6.45, 7) is 0. The van der Waals surface area contributed by atoms with Crippen molar-refractivity contribution in [3.05, 3.63) is 34.1 Å². The maximum Gasteiger partial charge on any atom is 0.345 e. The molecular weight excluding hydrogens is 245 g/mol. The fourth-order valence-corrected chi connectivity index (χ4v) is 1.63. The molecule has 1 aliphatic rings. The summed E-state index contributed by atoms with van der Waals surface area (Å²) in [6.07, 6.45) is 0.0962. The Labute approximate surface area is 101 Å². The van der Waals surface area contributed by atoms with Gasteiger partial charge in [0.2, 0.25) is 5.75 Å². The average molecular weight is 255 g/mol. The van der Waals surface area contributed by atoms with E-state index in [-0.39, 0.29) is 5.92 Å². The van der Waals surface area contributed by atoms with Gasteiger partial charge in [-0.25, -0.2) is 9.18 Å². The van der Waals surface area contributed by atoms with Crippen molar-refractivity contribution in [3.63, 3.8) is 0 Å². The Morgan fingerprint density at radius 1 is 1.56 bits per heavy atom. The zero-order valence-corrected chi connectivity index (χ0v) is 9.21. The monoisotopic (exact) mass is 255 g/mol. The van der Waals surface area contributed by atoms with Crippen LogP contribution in [0.2, 0.25) is 0 Å².